The molecule has 0 aromatic carbocycles. The first-order chi connectivity index (χ1) is 13.3. The molecule has 0 aromatic rings. The van der Waals surface area contributed by atoms with Crippen LogP contribution in [-0.2, 0) is 19.0 Å². The topological polar surface area (TPSA) is 81.2 Å². The van der Waals surface area contributed by atoms with Gasteiger partial charge in [-0.05, 0) is 46.0 Å². The molecule has 0 aliphatic carbocycles. The number of rotatable bonds is 15. The highest BCUT2D eigenvalue weighted by Gasteiger charge is 2.14. The lowest BCUT2D eigenvalue weighted by molar-refractivity contribution is -0.143. The van der Waals surface area contributed by atoms with Crippen LogP contribution >= 0.6 is 24.0 Å². The molecule has 1 saturated heterocycles. The molecule has 1 aliphatic rings. The van der Waals surface area contributed by atoms with Crippen LogP contribution in [0.2, 0.25) is 0 Å². The van der Waals surface area contributed by atoms with Gasteiger partial charge in [-0.1, -0.05) is 12.8 Å². The number of carbonyl (C=O) groups is 1. The standard InChI is InChI=1S/C20H39N3O4.HI/c1-3-21-20(22-13-8-6-5-7-12-19(24)26-4-2)23-14-10-15-25-17-18-11-9-16-27-18;/h18H,3-17H2,1-2H3,(H2,21,22,23);1H. The van der Waals surface area contributed by atoms with Crippen LogP contribution in [0.1, 0.15) is 65.2 Å². The zero-order valence-electron chi connectivity index (χ0n) is 17.7. The van der Waals surface area contributed by atoms with E-state index in [0.29, 0.717) is 25.7 Å². The Bertz CT molecular complexity index is 405. The van der Waals surface area contributed by atoms with Gasteiger partial charge in [0.05, 0.1) is 19.3 Å². The Morgan fingerprint density at radius 3 is 2.68 bits per heavy atom. The third-order valence-corrected chi connectivity index (χ3v) is 4.29. The van der Waals surface area contributed by atoms with Crippen molar-refractivity contribution < 1.29 is 19.0 Å². The normalized spacial score (nSPS) is 16.5. The van der Waals surface area contributed by atoms with E-state index in [0.717, 1.165) is 83.8 Å². The number of unbranched alkanes of at least 4 members (excludes halogenated alkanes) is 3. The molecule has 28 heavy (non-hydrogen) atoms. The van der Waals surface area contributed by atoms with Crippen molar-refractivity contribution >= 4 is 35.9 Å². The van der Waals surface area contributed by atoms with E-state index in [1.165, 1.54) is 0 Å². The molecule has 0 aromatic heterocycles. The highest BCUT2D eigenvalue weighted by molar-refractivity contribution is 14.0. The first-order valence-electron chi connectivity index (χ1n) is 10.6. The highest BCUT2D eigenvalue weighted by Crippen LogP contribution is 2.11. The van der Waals surface area contributed by atoms with E-state index in [4.69, 9.17) is 14.2 Å². The predicted octanol–water partition coefficient (Wildman–Crippen LogP) is 3.26. The van der Waals surface area contributed by atoms with Gasteiger partial charge in [0.25, 0.3) is 0 Å². The molecule has 0 spiro atoms. The van der Waals surface area contributed by atoms with Gasteiger partial charge in [0, 0.05) is 39.3 Å². The maximum Gasteiger partial charge on any atom is 0.305 e. The maximum atomic E-state index is 11.3. The van der Waals surface area contributed by atoms with Crippen LogP contribution in [0.5, 0.6) is 0 Å². The van der Waals surface area contributed by atoms with Crippen LogP contribution in [0.25, 0.3) is 0 Å². The van der Waals surface area contributed by atoms with Gasteiger partial charge in [-0.15, -0.1) is 24.0 Å². The number of aliphatic imine (C=N–C) groups is 1. The molecule has 0 bridgehead atoms. The zero-order valence-corrected chi connectivity index (χ0v) is 20.0. The Morgan fingerprint density at radius 1 is 1.14 bits per heavy atom. The molecule has 7 nitrogen and oxygen atoms in total. The number of guanidine groups is 1. The Morgan fingerprint density at radius 2 is 1.96 bits per heavy atom. The summed E-state index contributed by atoms with van der Waals surface area (Å²) >= 11 is 0. The van der Waals surface area contributed by atoms with Crippen LogP contribution in [0.3, 0.4) is 0 Å². The number of nitrogens with one attached hydrogen (secondary N) is 2. The minimum atomic E-state index is -0.0862. The van der Waals surface area contributed by atoms with Gasteiger partial charge >= 0.3 is 5.97 Å². The van der Waals surface area contributed by atoms with Crippen molar-refractivity contribution in [1.82, 2.24) is 10.6 Å². The average molecular weight is 513 g/mol. The molecule has 1 unspecified atom stereocenters. The predicted molar refractivity (Wildman–Crippen MR) is 124 cm³/mol. The molecule has 166 valence electrons. The molecule has 0 radical (unpaired) electrons. The van der Waals surface area contributed by atoms with Crippen LogP contribution in [0, 0.1) is 0 Å². The van der Waals surface area contributed by atoms with Crippen molar-refractivity contribution in [3.63, 3.8) is 0 Å². The number of esters is 1. The maximum absolute atomic E-state index is 11.3. The van der Waals surface area contributed by atoms with Gasteiger partial charge in [0.1, 0.15) is 0 Å². The molecule has 0 saturated carbocycles. The fourth-order valence-corrected chi connectivity index (χ4v) is 2.88. The van der Waals surface area contributed by atoms with Crippen LogP contribution in [0.4, 0.5) is 0 Å². The number of nitrogens with zero attached hydrogens (tertiary/aromatic N) is 1. The molecule has 0 amide bonds. The fraction of sp³-hybridized carbons (Fsp3) is 0.900. The van der Waals surface area contributed by atoms with Crippen molar-refractivity contribution in [2.24, 2.45) is 4.99 Å². The number of halogens is 1. The molecular weight excluding hydrogens is 473 g/mol. The summed E-state index contributed by atoms with van der Waals surface area (Å²) in [7, 11) is 0. The van der Waals surface area contributed by atoms with Gasteiger partial charge in [0.2, 0.25) is 0 Å². The summed E-state index contributed by atoms with van der Waals surface area (Å²) < 4.78 is 16.1. The Hall–Kier alpha value is -0.610. The van der Waals surface area contributed by atoms with Gasteiger partial charge in [-0.25, -0.2) is 0 Å². The minimum Gasteiger partial charge on any atom is -0.466 e. The third kappa shape index (κ3) is 15.3. The first-order valence-corrected chi connectivity index (χ1v) is 10.6. The lowest BCUT2D eigenvalue weighted by atomic mass is 10.1. The van der Waals surface area contributed by atoms with Gasteiger partial charge in [-0.3, -0.25) is 9.79 Å². The molecular formula is C20H40IN3O4. The monoisotopic (exact) mass is 513 g/mol. The summed E-state index contributed by atoms with van der Waals surface area (Å²) in [6.07, 6.45) is 8.13. The highest BCUT2D eigenvalue weighted by atomic mass is 127. The zero-order chi connectivity index (χ0) is 19.6. The molecule has 1 rings (SSSR count). The largest absolute Gasteiger partial charge is 0.466 e. The van der Waals surface area contributed by atoms with Crippen LogP contribution in [0.15, 0.2) is 4.99 Å². The lowest BCUT2D eigenvalue weighted by Crippen LogP contribution is -2.37. The van der Waals surface area contributed by atoms with Gasteiger partial charge < -0.3 is 24.8 Å². The van der Waals surface area contributed by atoms with Crippen molar-refractivity contribution in [3.05, 3.63) is 0 Å². The van der Waals surface area contributed by atoms with E-state index in [1.807, 2.05) is 6.92 Å². The van der Waals surface area contributed by atoms with Crippen LogP contribution < -0.4 is 10.6 Å². The number of hydrogen-bond donors (Lipinski definition) is 2. The van der Waals surface area contributed by atoms with Gasteiger partial charge in [0.15, 0.2) is 5.96 Å². The van der Waals surface area contributed by atoms with Crippen molar-refractivity contribution in [2.45, 2.75) is 71.3 Å². The van der Waals surface area contributed by atoms with Crippen molar-refractivity contribution in [3.8, 4) is 0 Å². The van der Waals surface area contributed by atoms with Gasteiger partial charge in [-0.2, -0.15) is 0 Å². The number of carbonyl (C=O) groups excluding carboxylic acids is 1. The molecule has 8 heteroatoms. The second-order valence-electron chi connectivity index (χ2n) is 6.72. The second kappa shape index (κ2) is 19.7. The summed E-state index contributed by atoms with van der Waals surface area (Å²) in [5.74, 6) is 0.778. The Labute approximate surface area is 187 Å². The smallest absolute Gasteiger partial charge is 0.305 e. The summed E-state index contributed by atoms with van der Waals surface area (Å²) in [4.78, 5) is 15.8. The average Bonchev–Trinajstić information content (AvgIpc) is 3.17. The quantitative estimate of drug-likeness (QED) is 0.115. The third-order valence-electron chi connectivity index (χ3n) is 4.29. The lowest BCUT2D eigenvalue weighted by Gasteiger charge is -2.12. The fourth-order valence-electron chi connectivity index (χ4n) is 2.88. The summed E-state index contributed by atoms with van der Waals surface area (Å²) in [5.41, 5.74) is 0. The molecule has 1 fully saturated rings. The van der Waals surface area contributed by atoms with E-state index < -0.39 is 0 Å². The molecule has 1 heterocycles. The Balaban J connectivity index is 0.00000729. The first kappa shape index (κ1) is 27.4. The van der Waals surface area contributed by atoms with E-state index >= 15 is 0 Å². The van der Waals surface area contributed by atoms with Crippen molar-refractivity contribution in [1.29, 1.82) is 0 Å². The molecule has 2 N–H and O–H groups in total. The number of hydrogen-bond acceptors (Lipinski definition) is 5. The van der Waals surface area contributed by atoms with E-state index in [1.54, 1.807) is 0 Å². The molecule has 1 atom stereocenters. The van der Waals surface area contributed by atoms with E-state index in [2.05, 4.69) is 22.5 Å². The molecule has 1 aliphatic heterocycles. The van der Waals surface area contributed by atoms with E-state index in [9.17, 15) is 4.79 Å². The summed E-state index contributed by atoms with van der Waals surface area (Å²) in [6.45, 7) is 9.17. The second-order valence-corrected chi connectivity index (χ2v) is 6.72. The number of ether oxygens (including phenoxy) is 3. The SMILES string of the molecule is CCNC(=NCCCOCC1CCCO1)NCCCCCCC(=O)OCC.I. The minimum absolute atomic E-state index is 0. The van der Waals surface area contributed by atoms with Crippen LogP contribution in [-0.4, -0.2) is 64.1 Å². The van der Waals surface area contributed by atoms with E-state index in [-0.39, 0.29) is 29.9 Å². The Kier molecular flexibility index (Phi) is 19.3. The summed E-state index contributed by atoms with van der Waals surface area (Å²) in [6, 6.07) is 0. The summed E-state index contributed by atoms with van der Waals surface area (Å²) in [5, 5.41) is 6.63. The van der Waals surface area contributed by atoms with Crippen molar-refractivity contribution in [2.75, 3.05) is 46.1 Å².